The van der Waals surface area contributed by atoms with Crippen LogP contribution in [-0.4, -0.2) is 42.0 Å². The summed E-state index contributed by atoms with van der Waals surface area (Å²) in [5.74, 6) is 0. The van der Waals surface area contributed by atoms with E-state index in [4.69, 9.17) is 4.52 Å². The molecule has 0 amide bonds. The van der Waals surface area contributed by atoms with Crippen LogP contribution in [0.15, 0.2) is 52.0 Å². The van der Waals surface area contributed by atoms with Crippen molar-refractivity contribution in [2.75, 3.05) is 18.4 Å². The second-order valence-corrected chi connectivity index (χ2v) is 8.44. The fourth-order valence-corrected chi connectivity index (χ4v) is 4.76. The molecule has 1 N–H and O–H groups in total. The summed E-state index contributed by atoms with van der Waals surface area (Å²) in [6, 6.07) is 11.5. The van der Waals surface area contributed by atoms with Crippen molar-refractivity contribution in [3.05, 3.63) is 48.3 Å². The maximum atomic E-state index is 13.1. The Bertz CT molecular complexity index is 1020. The van der Waals surface area contributed by atoms with E-state index in [1.807, 2.05) is 30.3 Å². The van der Waals surface area contributed by atoms with Gasteiger partial charge in [-0.25, -0.2) is 13.4 Å². The Morgan fingerprint density at radius 3 is 2.88 bits per heavy atom. The van der Waals surface area contributed by atoms with E-state index in [1.165, 1.54) is 10.5 Å². The lowest BCUT2D eigenvalue weighted by atomic mass is 10.1. The number of aryl methyl sites for hydroxylation is 1. The predicted octanol–water partition coefficient (Wildman–Crippen LogP) is 2.80. The Hall–Kier alpha value is -2.45. The second kappa shape index (κ2) is 6.69. The average molecular weight is 372 g/mol. The molecule has 1 aliphatic rings. The summed E-state index contributed by atoms with van der Waals surface area (Å²) in [7, 11) is -3.61. The number of aromatic nitrogens is 2. The van der Waals surface area contributed by atoms with E-state index in [0.29, 0.717) is 29.9 Å². The molecule has 0 spiro atoms. The molecule has 1 aromatic carbocycles. The highest BCUT2D eigenvalue weighted by atomic mass is 32.2. The molecule has 4 rings (SSSR count). The topological polar surface area (TPSA) is 88.3 Å². The van der Waals surface area contributed by atoms with Crippen LogP contribution in [-0.2, 0) is 10.0 Å². The normalized spacial score (nSPS) is 18.9. The van der Waals surface area contributed by atoms with Crippen molar-refractivity contribution in [2.45, 2.75) is 30.7 Å². The number of piperidine rings is 1. The molecule has 0 radical (unpaired) electrons. The third-order valence-electron chi connectivity index (χ3n) is 4.65. The first-order chi connectivity index (χ1) is 12.5. The van der Waals surface area contributed by atoms with E-state index >= 15 is 0 Å². The van der Waals surface area contributed by atoms with E-state index in [1.54, 1.807) is 13.0 Å². The van der Waals surface area contributed by atoms with Crippen molar-refractivity contribution in [3.63, 3.8) is 0 Å². The van der Waals surface area contributed by atoms with Crippen LogP contribution < -0.4 is 5.32 Å². The predicted molar refractivity (Wildman–Crippen MR) is 98.4 cm³/mol. The molecule has 136 valence electrons. The second-order valence-electron chi connectivity index (χ2n) is 6.50. The molecule has 1 unspecified atom stereocenters. The van der Waals surface area contributed by atoms with Gasteiger partial charge in [-0.2, -0.15) is 4.31 Å². The molecule has 8 heteroatoms. The molecule has 1 fully saturated rings. The first-order valence-electron chi connectivity index (χ1n) is 8.58. The van der Waals surface area contributed by atoms with Gasteiger partial charge in [-0.3, -0.25) is 0 Å². The Labute approximate surface area is 152 Å². The number of rotatable bonds is 4. The molecule has 2 aromatic heterocycles. The summed E-state index contributed by atoms with van der Waals surface area (Å²) in [4.78, 5) is 4.28. The van der Waals surface area contributed by atoms with Gasteiger partial charge in [-0.1, -0.05) is 23.4 Å². The number of pyridine rings is 1. The molecule has 0 saturated carbocycles. The lowest BCUT2D eigenvalue weighted by Gasteiger charge is -2.32. The van der Waals surface area contributed by atoms with Gasteiger partial charge in [0.2, 0.25) is 10.0 Å². The molecular weight excluding hydrogens is 352 g/mol. The van der Waals surface area contributed by atoms with E-state index in [9.17, 15) is 8.42 Å². The number of para-hydroxylation sites is 1. The quantitative estimate of drug-likeness (QED) is 0.758. The summed E-state index contributed by atoms with van der Waals surface area (Å²) in [6.07, 6.45) is 3.09. The van der Waals surface area contributed by atoms with Gasteiger partial charge in [-0.05, 0) is 38.0 Å². The number of nitrogens with one attached hydrogen (secondary N) is 1. The van der Waals surface area contributed by atoms with Gasteiger partial charge < -0.3 is 9.84 Å². The minimum Gasteiger partial charge on any atom is -0.381 e. The molecule has 1 saturated heterocycles. The van der Waals surface area contributed by atoms with Crippen molar-refractivity contribution in [3.8, 4) is 0 Å². The van der Waals surface area contributed by atoms with E-state index in [0.717, 1.165) is 18.5 Å². The minimum atomic E-state index is -3.61. The van der Waals surface area contributed by atoms with Crippen LogP contribution in [0.4, 0.5) is 5.69 Å². The fourth-order valence-electron chi connectivity index (χ4n) is 3.26. The van der Waals surface area contributed by atoms with Gasteiger partial charge >= 0.3 is 0 Å². The summed E-state index contributed by atoms with van der Waals surface area (Å²) >= 11 is 0. The van der Waals surface area contributed by atoms with Gasteiger partial charge in [-0.15, -0.1) is 0 Å². The zero-order valence-electron chi connectivity index (χ0n) is 14.4. The maximum Gasteiger partial charge on any atom is 0.257 e. The number of hydrogen-bond donors (Lipinski definition) is 1. The summed E-state index contributed by atoms with van der Waals surface area (Å²) in [6.45, 7) is 2.71. The van der Waals surface area contributed by atoms with Crippen molar-refractivity contribution in [2.24, 2.45) is 0 Å². The summed E-state index contributed by atoms with van der Waals surface area (Å²) in [5.41, 5.74) is 1.98. The van der Waals surface area contributed by atoms with E-state index < -0.39 is 10.0 Å². The van der Waals surface area contributed by atoms with Gasteiger partial charge in [0, 0.05) is 24.8 Å². The van der Waals surface area contributed by atoms with Gasteiger partial charge in [0.05, 0.1) is 17.3 Å². The monoisotopic (exact) mass is 372 g/mol. The van der Waals surface area contributed by atoms with Crippen molar-refractivity contribution in [1.29, 1.82) is 0 Å². The third kappa shape index (κ3) is 3.17. The Kier molecular flexibility index (Phi) is 4.37. The first kappa shape index (κ1) is 17.0. The van der Waals surface area contributed by atoms with Crippen LogP contribution in [0.25, 0.3) is 11.1 Å². The SMILES string of the molecule is Cc1noc2ncc(S(=O)(=O)N3CCCC(Nc4ccccc4)C3)cc12. The van der Waals surface area contributed by atoms with E-state index in [2.05, 4.69) is 15.5 Å². The number of anilines is 1. The van der Waals surface area contributed by atoms with Crippen LogP contribution in [0.3, 0.4) is 0 Å². The number of nitrogens with zero attached hydrogens (tertiary/aromatic N) is 3. The molecule has 0 bridgehead atoms. The molecule has 3 aromatic rings. The number of benzene rings is 1. The van der Waals surface area contributed by atoms with Crippen molar-refractivity contribution < 1.29 is 12.9 Å². The maximum absolute atomic E-state index is 13.1. The summed E-state index contributed by atoms with van der Waals surface area (Å²) in [5, 5.41) is 7.88. The number of sulfonamides is 1. The highest BCUT2D eigenvalue weighted by molar-refractivity contribution is 7.89. The lowest BCUT2D eigenvalue weighted by Crippen LogP contribution is -2.45. The Balaban J connectivity index is 1.57. The van der Waals surface area contributed by atoms with Crippen molar-refractivity contribution >= 4 is 26.8 Å². The standard InChI is InChI=1S/C18H20N4O3S/c1-13-17-10-16(11-19-18(17)25-21-13)26(23,24)22-9-5-8-15(12-22)20-14-6-3-2-4-7-14/h2-4,6-7,10-11,15,20H,5,8-9,12H2,1H3. The molecule has 1 atom stereocenters. The van der Waals surface area contributed by atoms with Crippen molar-refractivity contribution in [1.82, 2.24) is 14.4 Å². The van der Waals surface area contributed by atoms with Crippen LogP contribution in [0.5, 0.6) is 0 Å². The van der Waals surface area contributed by atoms with Crippen LogP contribution in [0.1, 0.15) is 18.5 Å². The lowest BCUT2D eigenvalue weighted by molar-refractivity contribution is 0.327. The Morgan fingerprint density at radius 1 is 1.27 bits per heavy atom. The Morgan fingerprint density at radius 2 is 2.08 bits per heavy atom. The highest BCUT2D eigenvalue weighted by Crippen LogP contribution is 2.25. The van der Waals surface area contributed by atoms with E-state index in [-0.39, 0.29) is 10.9 Å². The molecule has 3 heterocycles. The van der Waals surface area contributed by atoms with Crippen LogP contribution >= 0.6 is 0 Å². The molecular formula is C18H20N4O3S. The first-order valence-corrected chi connectivity index (χ1v) is 10.0. The van der Waals surface area contributed by atoms with Gasteiger partial charge in [0.25, 0.3) is 5.71 Å². The minimum absolute atomic E-state index is 0.0787. The number of hydrogen-bond acceptors (Lipinski definition) is 6. The fraction of sp³-hybridized carbons (Fsp3) is 0.333. The van der Waals surface area contributed by atoms with Gasteiger partial charge in [0.15, 0.2) is 0 Å². The van der Waals surface area contributed by atoms with Crippen LogP contribution in [0, 0.1) is 6.92 Å². The average Bonchev–Trinajstić information content (AvgIpc) is 3.03. The zero-order valence-corrected chi connectivity index (χ0v) is 15.2. The highest BCUT2D eigenvalue weighted by Gasteiger charge is 2.31. The summed E-state index contributed by atoms with van der Waals surface area (Å²) < 4.78 is 32.7. The largest absolute Gasteiger partial charge is 0.381 e. The third-order valence-corrected chi connectivity index (χ3v) is 6.48. The van der Waals surface area contributed by atoms with Crippen LogP contribution in [0.2, 0.25) is 0 Å². The number of fused-ring (bicyclic) bond motifs is 1. The molecule has 26 heavy (non-hydrogen) atoms. The molecule has 7 nitrogen and oxygen atoms in total. The zero-order chi connectivity index (χ0) is 18.1. The molecule has 1 aliphatic heterocycles. The molecule has 0 aliphatic carbocycles. The smallest absolute Gasteiger partial charge is 0.257 e. The van der Waals surface area contributed by atoms with Gasteiger partial charge in [0.1, 0.15) is 4.90 Å².